The largest absolute Gasteiger partial charge is 0.396 e. The molecule has 6 nitrogen and oxygen atoms in total. The molecule has 0 aliphatic rings. The van der Waals surface area contributed by atoms with Gasteiger partial charge in [0.2, 0.25) is 0 Å². The molecule has 12 heteroatoms. The van der Waals surface area contributed by atoms with Crippen molar-refractivity contribution in [2.45, 2.75) is 11.8 Å². The van der Waals surface area contributed by atoms with Gasteiger partial charge in [0.15, 0.2) is 10.3 Å². The van der Waals surface area contributed by atoms with Gasteiger partial charge in [-0.15, -0.1) is 0 Å². The second-order valence-corrected chi connectivity index (χ2v) is 5.46. The number of aromatic nitrogens is 2. The highest BCUT2D eigenvalue weighted by Gasteiger charge is 2.67. The van der Waals surface area contributed by atoms with Gasteiger partial charge >= 0.3 is 23.7 Å². The van der Waals surface area contributed by atoms with Crippen LogP contribution in [0.2, 0.25) is 10.3 Å². The number of alkyl halides is 4. The third-order valence-corrected chi connectivity index (χ3v) is 3.58. The number of hydrogen-bond donors (Lipinski definition) is 2. The molecule has 2 heterocycles. The first-order valence-corrected chi connectivity index (χ1v) is 7.42. The van der Waals surface area contributed by atoms with Crippen LogP contribution in [0.25, 0.3) is 0 Å². The molecule has 2 amide bonds. The van der Waals surface area contributed by atoms with Crippen molar-refractivity contribution in [1.29, 1.82) is 0 Å². The number of pyridine rings is 2. The molecule has 2 N–H and O–H groups in total. The lowest BCUT2D eigenvalue weighted by Gasteiger charge is -2.24. The van der Waals surface area contributed by atoms with Crippen LogP contribution in [0.4, 0.5) is 28.9 Å². The van der Waals surface area contributed by atoms with Gasteiger partial charge in [-0.25, -0.2) is 9.97 Å². The van der Waals surface area contributed by atoms with Crippen LogP contribution in [0.5, 0.6) is 0 Å². The molecular formula is C14H8Cl2F4N4O2. The van der Waals surface area contributed by atoms with Gasteiger partial charge < -0.3 is 10.6 Å². The lowest BCUT2D eigenvalue weighted by atomic mass is 10.1. The van der Waals surface area contributed by atoms with Gasteiger partial charge in [0.25, 0.3) is 0 Å². The van der Waals surface area contributed by atoms with Gasteiger partial charge in [0.1, 0.15) is 0 Å². The van der Waals surface area contributed by atoms with Crippen molar-refractivity contribution in [3.63, 3.8) is 0 Å². The maximum atomic E-state index is 13.9. The number of hydrogen-bond acceptors (Lipinski definition) is 4. The molecule has 0 aliphatic heterocycles. The zero-order valence-corrected chi connectivity index (χ0v) is 14.0. The van der Waals surface area contributed by atoms with Crippen molar-refractivity contribution < 1.29 is 27.2 Å². The Hall–Kier alpha value is -2.46. The van der Waals surface area contributed by atoms with Crippen molar-refractivity contribution in [3.05, 3.63) is 47.0 Å². The Morgan fingerprint density at radius 1 is 0.808 bits per heavy atom. The molecule has 0 fully saturated rings. The molecule has 0 radical (unpaired) electrons. The number of carbonyl (C=O) groups is 2. The number of carbonyl (C=O) groups excluding carboxylic acids is 2. The molecule has 2 rings (SSSR count). The molecule has 0 unspecified atom stereocenters. The molecule has 26 heavy (non-hydrogen) atoms. The van der Waals surface area contributed by atoms with Gasteiger partial charge in [-0.1, -0.05) is 23.2 Å². The van der Waals surface area contributed by atoms with Crippen molar-refractivity contribution in [3.8, 4) is 0 Å². The van der Waals surface area contributed by atoms with Crippen molar-refractivity contribution in [2.75, 3.05) is 10.6 Å². The van der Waals surface area contributed by atoms with Gasteiger partial charge in [-0.2, -0.15) is 17.6 Å². The fourth-order valence-corrected chi connectivity index (χ4v) is 1.98. The number of nitrogens with zero attached hydrogens (tertiary/aromatic N) is 2. The summed E-state index contributed by atoms with van der Waals surface area (Å²) >= 11 is 11.1. The van der Waals surface area contributed by atoms with E-state index in [1.807, 2.05) is 0 Å². The first kappa shape index (κ1) is 19.9. The third kappa shape index (κ3) is 3.86. The van der Waals surface area contributed by atoms with Gasteiger partial charge in [-0.05, 0) is 24.3 Å². The molecule has 0 saturated heterocycles. The lowest BCUT2D eigenvalue weighted by Crippen LogP contribution is -2.56. The number of halogens is 6. The van der Waals surface area contributed by atoms with E-state index in [1.54, 1.807) is 0 Å². The van der Waals surface area contributed by atoms with E-state index in [0.29, 0.717) is 0 Å². The highest BCUT2D eigenvalue weighted by atomic mass is 35.5. The van der Waals surface area contributed by atoms with E-state index in [0.717, 1.165) is 12.1 Å². The lowest BCUT2D eigenvalue weighted by molar-refractivity contribution is -0.204. The van der Waals surface area contributed by atoms with Crippen molar-refractivity contribution in [2.24, 2.45) is 0 Å². The van der Waals surface area contributed by atoms with E-state index in [2.05, 4.69) is 9.97 Å². The Balaban J connectivity index is 2.22. The summed E-state index contributed by atoms with van der Waals surface area (Å²) in [6.45, 7) is 0. The smallest absolute Gasteiger partial charge is 0.318 e. The number of nitrogens with one attached hydrogen (secondary N) is 2. The second-order valence-electron chi connectivity index (χ2n) is 4.74. The van der Waals surface area contributed by atoms with E-state index in [4.69, 9.17) is 23.2 Å². The molecule has 0 bridgehead atoms. The molecule has 2 aromatic heterocycles. The monoisotopic (exact) mass is 410 g/mol. The average Bonchev–Trinajstić information content (AvgIpc) is 2.58. The van der Waals surface area contributed by atoms with Crippen LogP contribution in [0.3, 0.4) is 0 Å². The summed E-state index contributed by atoms with van der Waals surface area (Å²) in [5.74, 6) is -15.7. The van der Waals surface area contributed by atoms with Gasteiger partial charge in [-0.3, -0.25) is 9.59 Å². The summed E-state index contributed by atoms with van der Waals surface area (Å²) in [5, 5.41) is 2.22. The summed E-state index contributed by atoms with van der Waals surface area (Å²) < 4.78 is 55.7. The van der Waals surface area contributed by atoms with Gasteiger partial charge in [0, 0.05) is 12.4 Å². The molecule has 0 aromatic carbocycles. The van der Waals surface area contributed by atoms with Crippen LogP contribution in [-0.4, -0.2) is 33.6 Å². The average molecular weight is 411 g/mol. The second kappa shape index (κ2) is 7.42. The first-order valence-electron chi connectivity index (χ1n) is 6.67. The minimum Gasteiger partial charge on any atom is -0.318 e. The highest BCUT2D eigenvalue weighted by molar-refractivity contribution is 6.33. The summed E-state index contributed by atoms with van der Waals surface area (Å²) in [6.07, 6.45) is 2.38. The highest BCUT2D eigenvalue weighted by Crippen LogP contribution is 2.37. The molecule has 0 saturated carbocycles. The maximum absolute atomic E-state index is 13.9. The zero-order valence-electron chi connectivity index (χ0n) is 12.4. The Morgan fingerprint density at radius 2 is 1.15 bits per heavy atom. The van der Waals surface area contributed by atoms with E-state index < -0.39 is 45.3 Å². The van der Waals surface area contributed by atoms with Crippen LogP contribution in [0.15, 0.2) is 36.7 Å². The predicted octanol–water partition coefficient (Wildman–Crippen LogP) is 3.63. The number of anilines is 2. The fourth-order valence-electron chi connectivity index (χ4n) is 1.65. The van der Waals surface area contributed by atoms with Crippen LogP contribution in [-0.2, 0) is 9.59 Å². The fraction of sp³-hybridized carbons (Fsp3) is 0.143. The van der Waals surface area contributed by atoms with Crippen LogP contribution >= 0.6 is 23.2 Å². The molecule has 138 valence electrons. The van der Waals surface area contributed by atoms with Crippen LogP contribution in [0, 0.1) is 0 Å². The summed E-state index contributed by atoms with van der Waals surface area (Å²) in [4.78, 5) is 30.2. The predicted molar refractivity (Wildman–Crippen MR) is 85.6 cm³/mol. The summed E-state index contributed by atoms with van der Waals surface area (Å²) in [6, 6.07) is 4.59. The van der Waals surface area contributed by atoms with E-state index in [1.165, 1.54) is 35.2 Å². The van der Waals surface area contributed by atoms with Crippen LogP contribution < -0.4 is 10.6 Å². The standard InChI is InChI=1S/C14H8Cl2F4N4O2/c15-9-7(3-1-5-21-9)23-11(25)13(17,18)14(19,20)12(26)24-8-4-2-6-22-10(8)16/h1-6H,(H,23,25)(H,24,26). The Bertz CT molecular complexity index is 782. The van der Waals surface area contributed by atoms with Gasteiger partial charge in [0.05, 0.1) is 11.4 Å². The van der Waals surface area contributed by atoms with E-state index in [9.17, 15) is 27.2 Å². The Labute approximate surface area is 153 Å². The third-order valence-electron chi connectivity index (χ3n) is 2.98. The van der Waals surface area contributed by atoms with Crippen molar-refractivity contribution >= 4 is 46.4 Å². The minimum atomic E-state index is -5.40. The topological polar surface area (TPSA) is 84.0 Å². The molecular weight excluding hydrogens is 403 g/mol. The molecule has 2 aromatic rings. The summed E-state index contributed by atoms with van der Waals surface area (Å²) in [5.41, 5.74) is -0.851. The van der Waals surface area contributed by atoms with Crippen LogP contribution in [0.1, 0.15) is 0 Å². The number of rotatable bonds is 5. The molecule has 0 spiro atoms. The summed E-state index contributed by atoms with van der Waals surface area (Å²) in [7, 11) is 0. The molecule has 0 aliphatic carbocycles. The molecule has 0 atom stereocenters. The Morgan fingerprint density at radius 3 is 1.46 bits per heavy atom. The van der Waals surface area contributed by atoms with Crippen molar-refractivity contribution in [1.82, 2.24) is 9.97 Å². The minimum absolute atomic E-state index is 0.397. The zero-order chi connectivity index (χ0) is 19.5. The Kier molecular flexibility index (Phi) is 5.67. The first-order chi connectivity index (χ1) is 12.1. The van der Waals surface area contributed by atoms with E-state index in [-0.39, 0.29) is 0 Å². The maximum Gasteiger partial charge on any atom is 0.396 e. The number of amides is 2. The quantitative estimate of drug-likeness (QED) is 0.582. The van der Waals surface area contributed by atoms with E-state index >= 15 is 0 Å². The normalized spacial score (nSPS) is 11.8. The SMILES string of the molecule is O=C(Nc1cccnc1Cl)C(F)(F)C(F)(F)C(=O)Nc1cccnc1Cl.